The van der Waals surface area contributed by atoms with Gasteiger partial charge < -0.3 is 4.74 Å². The van der Waals surface area contributed by atoms with Crippen molar-refractivity contribution in [3.05, 3.63) is 0 Å². The molecule has 0 aromatic heterocycles. The molecule has 0 heterocycles. The van der Waals surface area contributed by atoms with E-state index in [9.17, 15) is 13.2 Å². The molecule has 0 aliphatic heterocycles. The molecule has 2 radical (unpaired) electrons. The smallest absolute Gasteiger partial charge is 0.305 e. The first-order chi connectivity index (χ1) is 5.95. The van der Waals surface area contributed by atoms with E-state index in [1.807, 2.05) is 6.92 Å². The summed E-state index contributed by atoms with van der Waals surface area (Å²) in [5, 5.41) is 0. The molecule has 0 amide bonds. The second kappa shape index (κ2) is 8.45. The highest BCUT2D eigenvalue weighted by Crippen LogP contribution is 1.96. The second-order valence-electron chi connectivity index (χ2n) is 2.61. The van der Waals surface area contributed by atoms with Crippen LogP contribution in [0.2, 0.25) is 0 Å². The van der Waals surface area contributed by atoms with Crippen LogP contribution in [0.5, 0.6) is 0 Å². The van der Waals surface area contributed by atoms with Gasteiger partial charge in [0.05, 0.1) is 0 Å². The molecule has 0 atom stereocenters. The van der Waals surface area contributed by atoms with Crippen LogP contribution in [0.15, 0.2) is 0 Å². The van der Waals surface area contributed by atoms with Gasteiger partial charge in [-0.25, -0.2) is 0 Å². The number of carbonyl (C=O) groups is 1. The molecule has 0 bridgehead atoms. The fourth-order valence-corrected chi connectivity index (χ4v) is 0.948. The van der Waals surface area contributed by atoms with Crippen LogP contribution in [-0.4, -0.2) is 54.4 Å². The molecular weight excluding hydrogens is 220 g/mol. The third kappa shape index (κ3) is 12.1. The van der Waals surface area contributed by atoms with Gasteiger partial charge in [0.15, 0.2) is 0 Å². The number of esters is 1. The molecule has 14 heavy (non-hydrogen) atoms. The summed E-state index contributed by atoms with van der Waals surface area (Å²) in [6.07, 6.45) is 1.90. The first-order valence-electron chi connectivity index (χ1n) is 4.06. The van der Waals surface area contributed by atoms with E-state index in [4.69, 9.17) is 4.55 Å². The van der Waals surface area contributed by atoms with Crippen molar-refractivity contribution in [2.45, 2.75) is 26.2 Å². The van der Waals surface area contributed by atoms with E-state index in [1.165, 1.54) is 0 Å². The Labute approximate surface area is 100 Å². The molecule has 80 valence electrons. The molecule has 0 aliphatic rings. The predicted molar refractivity (Wildman–Crippen MR) is 52.7 cm³/mol. The van der Waals surface area contributed by atoms with E-state index in [-0.39, 0.29) is 29.7 Å². The molecular formula is C7H14MgO5S. The normalized spacial score (nSPS) is 10.4. The molecule has 0 aromatic carbocycles. The van der Waals surface area contributed by atoms with Crippen molar-refractivity contribution < 1.29 is 22.5 Å². The van der Waals surface area contributed by atoms with Gasteiger partial charge >= 0.3 is 5.97 Å². The van der Waals surface area contributed by atoms with Gasteiger partial charge in [0, 0.05) is 29.5 Å². The van der Waals surface area contributed by atoms with Crippen LogP contribution in [0.25, 0.3) is 0 Å². The van der Waals surface area contributed by atoms with Gasteiger partial charge in [-0.15, -0.1) is 0 Å². The first kappa shape index (κ1) is 16.6. The highest BCUT2D eigenvalue weighted by atomic mass is 32.2. The van der Waals surface area contributed by atoms with Crippen molar-refractivity contribution in [2.75, 3.05) is 12.4 Å². The van der Waals surface area contributed by atoms with Crippen LogP contribution in [0.4, 0.5) is 0 Å². The van der Waals surface area contributed by atoms with Crippen molar-refractivity contribution in [3.8, 4) is 0 Å². The van der Waals surface area contributed by atoms with Crippen molar-refractivity contribution in [1.82, 2.24) is 0 Å². The van der Waals surface area contributed by atoms with Crippen molar-refractivity contribution in [2.24, 2.45) is 0 Å². The van der Waals surface area contributed by atoms with E-state index in [0.29, 0.717) is 6.42 Å². The Bertz CT molecular complexity index is 249. The SMILES string of the molecule is CCCCC(=O)OCCS(=O)(=O)O.[Mg]. The minimum absolute atomic E-state index is 0. The highest BCUT2D eigenvalue weighted by molar-refractivity contribution is 7.85. The van der Waals surface area contributed by atoms with Crippen molar-refractivity contribution in [3.63, 3.8) is 0 Å². The molecule has 0 fully saturated rings. The molecule has 0 rings (SSSR count). The molecule has 5 nitrogen and oxygen atoms in total. The molecule has 0 spiro atoms. The summed E-state index contributed by atoms with van der Waals surface area (Å²) in [6.45, 7) is 1.66. The van der Waals surface area contributed by atoms with Crippen LogP contribution in [0.1, 0.15) is 26.2 Å². The predicted octanol–water partition coefficient (Wildman–Crippen LogP) is 0.227. The Morgan fingerprint density at radius 1 is 1.43 bits per heavy atom. The summed E-state index contributed by atoms with van der Waals surface area (Å²) in [5.74, 6) is -0.962. The van der Waals surface area contributed by atoms with E-state index in [1.54, 1.807) is 0 Å². The lowest BCUT2D eigenvalue weighted by Crippen LogP contribution is -2.14. The van der Waals surface area contributed by atoms with Crippen LogP contribution in [0, 0.1) is 0 Å². The highest BCUT2D eigenvalue weighted by Gasteiger charge is 2.07. The van der Waals surface area contributed by atoms with E-state index in [0.717, 1.165) is 12.8 Å². The zero-order valence-corrected chi connectivity index (χ0v) is 10.5. The van der Waals surface area contributed by atoms with Gasteiger partial charge in [0.25, 0.3) is 10.1 Å². The van der Waals surface area contributed by atoms with Crippen molar-refractivity contribution in [1.29, 1.82) is 0 Å². The Hall–Kier alpha value is 0.146. The minimum atomic E-state index is -4.02. The average Bonchev–Trinajstić information content (AvgIpc) is 1.98. The van der Waals surface area contributed by atoms with E-state index < -0.39 is 21.8 Å². The maximum absolute atomic E-state index is 10.8. The zero-order valence-electron chi connectivity index (χ0n) is 8.23. The number of hydrogen-bond donors (Lipinski definition) is 1. The maximum Gasteiger partial charge on any atom is 0.305 e. The topological polar surface area (TPSA) is 80.7 Å². The Balaban J connectivity index is 0. The van der Waals surface area contributed by atoms with Gasteiger partial charge in [-0.1, -0.05) is 13.3 Å². The van der Waals surface area contributed by atoms with Gasteiger partial charge in [-0.3, -0.25) is 9.35 Å². The quantitative estimate of drug-likeness (QED) is 0.404. The van der Waals surface area contributed by atoms with Gasteiger partial charge in [-0.05, 0) is 6.42 Å². The fraction of sp³-hybridized carbons (Fsp3) is 0.857. The monoisotopic (exact) mass is 234 g/mol. The zero-order chi connectivity index (χ0) is 10.3. The summed E-state index contributed by atoms with van der Waals surface area (Å²) in [6, 6.07) is 0. The number of carbonyl (C=O) groups excluding carboxylic acids is 1. The van der Waals surface area contributed by atoms with Crippen LogP contribution in [-0.2, 0) is 19.6 Å². The summed E-state index contributed by atoms with van der Waals surface area (Å²) in [4.78, 5) is 10.8. The number of rotatable bonds is 6. The Morgan fingerprint density at radius 2 is 2.00 bits per heavy atom. The Kier molecular flexibility index (Phi) is 10.0. The molecule has 0 aliphatic carbocycles. The third-order valence-electron chi connectivity index (χ3n) is 1.34. The standard InChI is InChI=1S/C7H14O5S.Mg/c1-2-3-4-7(8)12-5-6-13(9,10)11;/h2-6H2,1H3,(H,9,10,11);. The lowest BCUT2D eigenvalue weighted by Gasteiger charge is -2.01. The van der Waals surface area contributed by atoms with Gasteiger partial charge in [-0.2, -0.15) is 8.42 Å². The van der Waals surface area contributed by atoms with Gasteiger partial charge in [0.2, 0.25) is 0 Å². The third-order valence-corrected chi connectivity index (χ3v) is 2.02. The Morgan fingerprint density at radius 3 is 2.43 bits per heavy atom. The number of ether oxygens (including phenoxy) is 1. The molecule has 1 N–H and O–H groups in total. The van der Waals surface area contributed by atoms with E-state index in [2.05, 4.69) is 4.74 Å². The lowest BCUT2D eigenvalue weighted by molar-refractivity contribution is -0.143. The maximum atomic E-state index is 10.8. The van der Waals surface area contributed by atoms with Crippen molar-refractivity contribution >= 4 is 39.1 Å². The lowest BCUT2D eigenvalue weighted by atomic mass is 10.3. The number of unbranched alkanes of at least 4 members (excludes halogenated alkanes) is 1. The fourth-order valence-electron chi connectivity index (χ4n) is 0.654. The number of hydrogen-bond acceptors (Lipinski definition) is 4. The van der Waals surface area contributed by atoms with E-state index >= 15 is 0 Å². The average molecular weight is 235 g/mol. The molecule has 0 saturated heterocycles. The van der Waals surface area contributed by atoms with Crippen LogP contribution >= 0.6 is 0 Å². The minimum Gasteiger partial charge on any atom is -0.464 e. The van der Waals surface area contributed by atoms with Crippen LogP contribution in [0.3, 0.4) is 0 Å². The summed E-state index contributed by atoms with van der Waals surface area (Å²) in [5.41, 5.74) is 0. The summed E-state index contributed by atoms with van der Waals surface area (Å²) < 4.78 is 33.2. The van der Waals surface area contributed by atoms with Gasteiger partial charge in [0.1, 0.15) is 12.4 Å². The van der Waals surface area contributed by atoms with Crippen LogP contribution < -0.4 is 0 Å². The molecule has 7 heteroatoms. The summed E-state index contributed by atoms with van der Waals surface area (Å²) in [7, 11) is -4.02. The molecule has 0 unspecified atom stereocenters. The first-order valence-corrected chi connectivity index (χ1v) is 5.67. The summed E-state index contributed by atoms with van der Waals surface area (Å²) >= 11 is 0. The second-order valence-corrected chi connectivity index (χ2v) is 4.18. The molecule has 0 saturated carbocycles. The molecule has 0 aromatic rings. The largest absolute Gasteiger partial charge is 0.464 e.